The number of nitrogens with one attached hydrogen (secondary N) is 1. The highest BCUT2D eigenvalue weighted by molar-refractivity contribution is 7.21. The van der Waals surface area contributed by atoms with Gasteiger partial charge in [-0.25, -0.2) is 13.8 Å². The molecular weight excluding hydrogens is 577 g/mol. The van der Waals surface area contributed by atoms with Crippen LogP contribution in [0.15, 0.2) is 40.2 Å². The minimum atomic E-state index is -1.59. The highest BCUT2D eigenvalue weighted by atomic mass is 32.1. The highest BCUT2D eigenvalue weighted by Gasteiger charge is 2.36. The number of carbonyl (C=O) groups excluding carboxylic acids is 1. The van der Waals surface area contributed by atoms with Gasteiger partial charge < -0.3 is 14.8 Å². The lowest BCUT2D eigenvalue weighted by Crippen LogP contribution is -2.56. The summed E-state index contributed by atoms with van der Waals surface area (Å²) in [4.78, 5) is 43.4. The maximum absolute atomic E-state index is 14.5. The Bertz CT molecular complexity index is 1800. The predicted molar refractivity (Wildman–Crippen MR) is 159 cm³/mol. The number of ether oxygens (including phenoxy) is 2. The van der Waals surface area contributed by atoms with E-state index in [4.69, 9.17) is 9.47 Å². The van der Waals surface area contributed by atoms with Crippen LogP contribution in [-0.4, -0.2) is 49.8 Å². The van der Waals surface area contributed by atoms with E-state index in [1.165, 1.54) is 60.9 Å². The number of nitrogens with zero attached hydrogens (tertiary/aromatic N) is 6. The molecule has 0 aliphatic heterocycles. The average molecular weight is 612 g/mol. The van der Waals surface area contributed by atoms with Crippen LogP contribution in [-0.2, 0) is 21.6 Å². The first-order chi connectivity index (χ1) is 20.3. The Balaban J connectivity index is 2.03. The summed E-state index contributed by atoms with van der Waals surface area (Å²) >= 11 is 1.13. The van der Waals surface area contributed by atoms with Crippen LogP contribution >= 0.6 is 11.3 Å². The largest absolute Gasteiger partial charge is 0.496 e. The second-order valence-electron chi connectivity index (χ2n) is 11.0. The molecule has 2 atom stereocenters. The van der Waals surface area contributed by atoms with Gasteiger partial charge in [0, 0.05) is 17.2 Å². The third-order valence-electron chi connectivity index (χ3n) is 6.98. The van der Waals surface area contributed by atoms with E-state index in [0.29, 0.717) is 26.7 Å². The smallest absolute Gasteiger partial charge is 0.333 e. The molecule has 3 heterocycles. The van der Waals surface area contributed by atoms with Crippen molar-refractivity contribution in [2.24, 2.45) is 5.92 Å². The monoisotopic (exact) mass is 611 g/mol. The topological polar surface area (TPSA) is 146 Å². The molecule has 1 aromatic carbocycles. The number of hydrogen-bond donors (Lipinski definition) is 1. The van der Waals surface area contributed by atoms with Gasteiger partial charge in [0.1, 0.15) is 33.0 Å². The number of carbonyl (C=O) groups is 1. The molecule has 14 heteroatoms. The number of methoxy groups -OCH3 is 1. The third-order valence-corrected chi connectivity index (χ3v) is 8.26. The fourth-order valence-electron chi connectivity index (χ4n) is 4.70. The molecule has 0 radical (unpaired) electrons. The molecule has 0 saturated carbocycles. The van der Waals surface area contributed by atoms with Gasteiger partial charge in [-0.15, -0.1) is 4.80 Å². The highest BCUT2D eigenvalue weighted by Crippen LogP contribution is 2.34. The molecule has 1 unspecified atom stereocenters. The first-order valence-electron chi connectivity index (χ1n) is 13.6. The summed E-state index contributed by atoms with van der Waals surface area (Å²) in [7, 11) is 1.43. The number of amides is 1. The third kappa shape index (κ3) is 6.09. The maximum atomic E-state index is 14.5. The predicted octanol–water partition coefficient (Wildman–Crippen LogP) is 3.44. The Hall–Kier alpha value is -4.35. The van der Waals surface area contributed by atoms with Gasteiger partial charge in [0.05, 0.1) is 50.0 Å². The zero-order valence-corrected chi connectivity index (χ0v) is 25.9. The van der Waals surface area contributed by atoms with Crippen molar-refractivity contribution in [3.8, 4) is 16.8 Å². The van der Waals surface area contributed by atoms with E-state index >= 15 is 0 Å². The number of aromatic nitrogens is 5. The number of thiophene rings is 1. The second kappa shape index (κ2) is 12.5. The van der Waals surface area contributed by atoms with Crippen LogP contribution in [0.5, 0.6) is 5.75 Å². The van der Waals surface area contributed by atoms with Gasteiger partial charge in [0.15, 0.2) is 0 Å². The normalized spacial score (nSPS) is 13.2. The van der Waals surface area contributed by atoms with E-state index in [1.54, 1.807) is 27.7 Å². The fraction of sp³-hybridized carbons (Fsp3) is 0.448. The van der Waals surface area contributed by atoms with E-state index in [-0.39, 0.29) is 24.6 Å². The summed E-state index contributed by atoms with van der Waals surface area (Å²) in [6.07, 6.45) is 2.00. The summed E-state index contributed by atoms with van der Waals surface area (Å²) in [5.74, 6) is -1.26. The number of hydrogen-bond acceptors (Lipinski definition) is 9. The van der Waals surface area contributed by atoms with Crippen molar-refractivity contribution in [2.75, 3.05) is 13.7 Å². The Morgan fingerprint density at radius 3 is 2.49 bits per heavy atom. The van der Waals surface area contributed by atoms with Crippen LogP contribution in [0.25, 0.3) is 15.2 Å². The molecule has 3 aromatic heterocycles. The first-order valence-corrected chi connectivity index (χ1v) is 14.4. The van der Waals surface area contributed by atoms with Crippen molar-refractivity contribution in [1.29, 1.82) is 5.26 Å². The van der Waals surface area contributed by atoms with Crippen molar-refractivity contribution in [2.45, 2.75) is 65.8 Å². The van der Waals surface area contributed by atoms with E-state index in [0.717, 1.165) is 15.9 Å². The van der Waals surface area contributed by atoms with Gasteiger partial charge in [-0.05, 0) is 59.7 Å². The van der Waals surface area contributed by atoms with Gasteiger partial charge in [-0.2, -0.15) is 15.5 Å². The molecule has 0 aliphatic rings. The van der Waals surface area contributed by atoms with Crippen LogP contribution in [0.1, 0.15) is 51.8 Å². The van der Waals surface area contributed by atoms with Crippen molar-refractivity contribution < 1.29 is 18.7 Å². The van der Waals surface area contributed by atoms with Gasteiger partial charge >= 0.3 is 5.69 Å². The van der Waals surface area contributed by atoms with Crippen LogP contribution in [0.3, 0.4) is 0 Å². The SMILES string of the molecule is COc1ccc(F)cc1[C@H](Cn1c(=O)n(C(C)(C)C(=O)NC(C)C)c(=O)c2c(C)c(-n3nccn3)sc21)OCC(C)C#N. The summed E-state index contributed by atoms with van der Waals surface area (Å²) in [5, 5.41) is 21.3. The second-order valence-corrected chi connectivity index (χ2v) is 12.0. The molecule has 4 rings (SSSR count). The molecule has 12 nitrogen and oxygen atoms in total. The Morgan fingerprint density at radius 2 is 1.88 bits per heavy atom. The zero-order valence-electron chi connectivity index (χ0n) is 25.0. The van der Waals surface area contributed by atoms with E-state index < -0.39 is 40.5 Å². The quantitative estimate of drug-likeness (QED) is 0.271. The summed E-state index contributed by atoms with van der Waals surface area (Å²) < 4.78 is 28.4. The number of halogens is 1. The molecule has 228 valence electrons. The van der Waals surface area contributed by atoms with Crippen molar-refractivity contribution >= 4 is 27.5 Å². The number of benzene rings is 1. The first kappa shape index (κ1) is 31.6. The summed E-state index contributed by atoms with van der Waals surface area (Å²) in [6.45, 7) is 9.74. The lowest BCUT2D eigenvalue weighted by Gasteiger charge is -2.28. The molecule has 0 bridgehead atoms. The van der Waals surface area contributed by atoms with Gasteiger partial charge in [-0.1, -0.05) is 11.3 Å². The lowest BCUT2D eigenvalue weighted by atomic mass is 10.0. The molecular formula is C29H34FN7O5S. The molecule has 43 heavy (non-hydrogen) atoms. The molecule has 0 aliphatic carbocycles. The van der Waals surface area contributed by atoms with Gasteiger partial charge in [-0.3, -0.25) is 14.2 Å². The molecule has 1 amide bonds. The van der Waals surface area contributed by atoms with Crippen molar-refractivity contribution in [3.05, 3.63) is 68.4 Å². The van der Waals surface area contributed by atoms with E-state index in [9.17, 15) is 24.0 Å². The van der Waals surface area contributed by atoms with Crippen molar-refractivity contribution in [3.63, 3.8) is 0 Å². The van der Waals surface area contributed by atoms with Crippen molar-refractivity contribution in [1.82, 2.24) is 29.4 Å². The molecule has 0 saturated heterocycles. The average Bonchev–Trinajstić information content (AvgIpc) is 3.60. The van der Waals surface area contributed by atoms with Crippen LogP contribution in [0, 0.1) is 30.0 Å². The zero-order chi connectivity index (χ0) is 31.6. The molecule has 1 N–H and O–H groups in total. The molecule has 4 aromatic rings. The molecule has 0 spiro atoms. The summed E-state index contributed by atoms with van der Waals surface area (Å²) in [5.41, 5.74) is -2.17. The Morgan fingerprint density at radius 1 is 1.21 bits per heavy atom. The number of nitriles is 1. The minimum Gasteiger partial charge on any atom is -0.496 e. The minimum absolute atomic E-state index is 0.0213. The lowest BCUT2D eigenvalue weighted by molar-refractivity contribution is -0.129. The van der Waals surface area contributed by atoms with Crippen LogP contribution in [0.4, 0.5) is 4.39 Å². The molecule has 0 fully saturated rings. The standard InChI is InChI=1S/C29H34FN7O5S/c1-16(2)34-27(39)29(5,6)36-24(38)23-18(4)25(37-32-10-11-33-37)43-26(23)35(28(36)40)14-22(42-15-17(3)13-31)20-12-19(30)8-9-21(20)41-7/h8-12,16-17,22H,14-15H2,1-7H3,(H,34,39)/t17?,22-/m0/s1. The van der Waals surface area contributed by atoms with Crippen LogP contribution < -0.4 is 21.3 Å². The fourth-order valence-corrected chi connectivity index (χ4v) is 5.92. The maximum Gasteiger partial charge on any atom is 0.333 e. The van der Waals surface area contributed by atoms with E-state index in [1.807, 2.05) is 0 Å². The van der Waals surface area contributed by atoms with Crippen LogP contribution in [0.2, 0.25) is 0 Å². The van der Waals surface area contributed by atoms with Gasteiger partial charge in [0.2, 0.25) is 5.91 Å². The number of aryl methyl sites for hydroxylation is 1. The summed E-state index contributed by atoms with van der Waals surface area (Å²) in [6, 6.07) is 5.80. The van der Waals surface area contributed by atoms with Gasteiger partial charge in [0.25, 0.3) is 5.56 Å². The number of rotatable bonds is 11. The Labute approximate surface area is 251 Å². The Kier molecular flexibility index (Phi) is 9.17. The number of fused-ring (bicyclic) bond motifs is 1. The van der Waals surface area contributed by atoms with E-state index in [2.05, 4.69) is 21.6 Å².